The third kappa shape index (κ3) is 4.86. The summed E-state index contributed by atoms with van der Waals surface area (Å²) >= 11 is 7.54. The van der Waals surface area contributed by atoms with Crippen molar-refractivity contribution in [1.82, 2.24) is 19.2 Å². The minimum absolute atomic E-state index is 0.0569. The Balaban J connectivity index is 1.15. The van der Waals surface area contributed by atoms with Crippen LogP contribution in [-0.2, 0) is 10.0 Å². The van der Waals surface area contributed by atoms with Gasteiger partial charge in [0.1, 0.15) is 12.1 Å². The summed E-state index contributed by atoms with van der Waals surface area (Å²) in [6.07, 6.45) is 5.16. The first-order chi connectivity index (χ1) is 18.0. The number of anilines is 1. The molecule has 37 heavy (non-hydrogen) atoms. The molecule has 0 aliphatic carbocycles. The average molecular weight is 553 g/mol. The van der Waals surface area contributed by atoms with Crippen LogP contribution < -0.4 is 5.32 Å². The number of fused-ring (bicyclic) bond motifs is 1. The summed E-state index contributed by atoms with van der Waals surface area (Å²) in [5, 5.41) is 6.97. The molecule has 2 atom stereocenters. The van der Waals surface area contributed by atoms with Gasteiger partial charge in [0.25, 0.3) is 0 Å². The molecule has 0 amide bonds. The maximum Gasteiger partial charge on any atom is 0.243 e. The molecule has 0 radical (unpaired) electrons. The van der Waals surface area contributed by atoms with E-state index < -0.39 is 10.0 Å². The average Bonchev–Trinajstić information content (AvgIpc) is 3.52. The number of amidine groups is 1. The molecule has 3 aliphatic heterocycles. The number of sulfonamides is 1. The highest BCUT2D eigenvalue weighted by Crippen LogP contribution is 2.46. The summed E-state index contributed by atoms with van der Waals surface area (Å²) in [6, 6.07) is 18.5. The molecule has 3 aliphatic rings. The number of piperidine rings is 1. The van der Waals surface area contributed by atoms with Crippen LogP contribution >= 0.6 is 23.4 Å². The molecule has 8 nitrogen and oxygen atoms in total. The molecule has 1 fully saturated rings. The zero-order valence-corrected chi connectivity index (χ0v) is 22.2. The molecule has 1 saturated heterocycles. The first kappa shape index (κ1) is 24.4. The summed E-state index contributed by atoms with van der Waals surface area (Å²) in [5.74, 6) is 0.549. The number of nitrogens with zero attached hydrogens (tertiary/aromatic N) is 5. The van der Waals surface area contributed by atoms with Crippen molar-refractivity contribution in [2.75, 3.05) is 18.4 Å². The van der Waals surface area contributed by atoms with E-state index in [1.165, 1.54) is 4.31 Å². The van der Waals surface area contributed by atoms with Gasteiger partial charge in [-0.25, -0.2) is 18.4 Å². The fourth-order valence-electron chi connectivity index (χ4n) is 4.93. The topological polar surface area (TPSA) is 90.8 Å². The second-order valence-electron chi connectivity index (χ2n) is 9.10. The SMILES string of the molecule is O=S(=O)(c1ccc(Cl)cc1)N1CCC(Nc2nccc(C3C(c4ccccc4)N=C4SC=CN43)n2)CC1. The summed E-state index contributed by atoms with van der Waals surface area (Å²) < 4.78 is 27.6. The van der Waals surface area contributed by atoms with Crippen molar-refractivity contribution in [3.63, 3.8) is 0 Å². The van der Waals surface area contributed by atoms with Crippen molar-refractivity contribution in [3.8, 4) is 0 Å². The van der Waals surface area contributed by atoms with E-state index in [2.05, 4.69) is 33.5 Å². The molecule has 6 rings (SSSR count). The van der Waals surface area contributed by atoms with Crippen molar-refractivity contribution in [2.45, 2.75) is 35.9 Å². The van der Waals surface area contributed by atoms with Crippen LogP contribution in [0, 0.1) is 0 Å². The number of aromatic nitrogens is 2. The van der Waals surface area contributed by atoms with Crippen LogP contribution in [0.25, 0.3) is 0 Å². The Kier molecular flexibility index (Phi) is 6.66. The number of halogens is 1. The number of rotatable bonds is 6. The van der Waals surface area contributed by atoms with Crippen molar-refractivity contribution in [3.05, 3.63) is 94.7 Å². The lowest BCUT2D eigenvalue weighted by Gasteiger charge is -2.32. The third-order valence-corrected chi connectivity index (χ3v) is 9.77. The van der Waals surface area contributed by atoms with E-state index in [1.807, 2.05) is 29.7 Å². The van der Waals surface area contributed by atoms with Crippen molar-refractivity contribution >= 4 is 44.5 Å². The predicted octanol–water partition coefficient (Wildman–Crippen LogP) is 5.07. The van der Waals surface area contributed by atoms with Crippen LogP contribution in [0.2, 0.25) is 5.02 Å². The van der Waals surface area contributed by atoms with Gasteiger partial charge in [0.05, 0.1) is 10.6 Å². The van der Waals surface area contributed by atoms with E-state index in [1.54, 1.807) is 42.2 Å². The summed E-state index contributed by atoms with van der Waals surface area (Å²) in [7, 11) is -3.54. The van der Waals surface area contributed by atoms with E-state index in [4.69, 9.17) is 21.6 Å². The minimum atomic E-state index is -3.54. The van der Waals surface area contributed by atoms with Crippen molar-refractivity contribution in [2.24, 2.45) is 4.99 Å². The van der Waals surface area contributed by atoms with Crippen LogP contribution in [-0.4, -0.2) is 51.9 Å². The second kappa shape index (κ2) is 10.1. The first-order valence-corrected chi connectivity index (χ1v) is 14.8. The molecule has 0 spiro atoms. The van der Waals surface area contributed by atoms with Crippen LogP contribution in [0.4, 0.5) is 5.95 Å². The predicted molar refractivity (Wildman–Crippen MR) is 147 cm³/mol. The molecular weight excluding hydrogens is 528 g/mol. The molecular formula is C26H25ClN6O2S2. The number of thioether (sulfide) groups is 1. The second-order valence-corrected chi connectivity index (χ2v) is 12.4. The quantitative estimate of drug-likeness (QED) is 0.456. The van der Waals surface area contributed by atoms with E-state index in [0.717, 1.165) is 16.4 Å². The number of benzene rings is 2. The fourth-order valence-corrected chi connectivity index (χ4v) is 7.31. The first-order valence-electron chi connectivity index (χ1n) is 12.1. The van der Waals surface area contributed by atoms with E-state index >= 15 is 0 Å². The summed E-state index contributed by atoms with van der Waals surface area (Å²) in [4.78, 5) is 16.8. The van der Waals surface area contributed by atoms with Crippen molar-refractivity contribution < 1.29 is 8.42 Å². The monoisotopic (exact) mass is 552 g/mol. The normalized spacial score (nSPS) is 22.2. The highest BCUT2D eigenvalue weighted by atomic mass is 35.5. The highest BCUT2D eigenvalue weighted by molar-refractivity contribution is 8.16. The maximum absolute atomic E-state index is 13.0. The lowest BCUT2D eigenvalue weighted by atomic mass is 9.97. The van der Waals surface area contributed by atoms with Gasteiger partial charge in [0, 0.05) is 36.6 Å². The minimum Gasteiger partial charge on any atom is -0.351 e. The Morgan fingerprint density at radius 1 is 1.00 bits per heavy atom. The lowest BCUT2D eigenvalue weighted by molar-refractivity contribution is 0.329. The number of aliphatic imine (C=N–C) groups is 1. The zero-order chi connectivity index (χ0) is 25.4. The maximum atomic E-state index is 13.0. The Hall–Kier alpha value is -2.92. The Morgan fingerprint density at radius 3 is 2.51 bits per heavy atom. The van der Waals surface area contributed by atoms with Gasteiger partial charge in [-0.15, -0.1) is 0 Å². The molecule has 1 aromatic heterocycles. The Labute approximate surface area is 225 Å². The molecule has 0 saturated carbocycles. The van der Waals surface area contributed by atoms with Crippen molar-refractivity contribution in [1.29, 1.82) is 0 Å². The van der Waals surface area contributed by atoms with Crippen LogP contribution in [0.15, 0.2) is 88.4 Å². The van der Waals surface area contributed by atoms with Gasteiger partial charge in [-0.1, -0.05) is 53.7 Å². The molecule has 190 valence electrons. The number of hydrogen-bond donors (Lipinski definition) is 1. The highest BCUT2D eigenvalue weighted by Gasteiger charge is 2.40. The lowest BCUT2D eigenvalue weighted by Crippen LogP contribution is -2.42. The van der Waals surface area contributed by atoms with Crippen LogP contribution in [0.1, 0.15) is 36.2 Å². The molecule has 2 unspecified atom stereocenters. The molecule has 1 N–H and O–H groups in total. The largest absolute Gasteiger partial charge is 0.351 e. The van der Waals surface area contributed by atoms with E-state index in [-0.39, 0.29) is 23.0 Å². The van der Waals surface area contributed by atoms with Gasteiger partial charge in [-0.2, -0.15) is 4.31 Å². The van der Waals surface area contributed by atoms with Gasteiger partial charge < -0.3 is 10.2 Å². The molecule has 0 bridgehead atoms. The van der Waals surface area contributed by atoms with Gasteiger partial charge in [-0.3, -0.25) is 4.99 Å². The van der Waals surface area contributed by atoms with Gasteiger partial charge >= 0.3 is 0 Å². The van der Waals surface area contributed by atoms with Gasteiger partial charge in [-0.05, 0) is 54.1 Å². The number of hydrogen-bond acceptors (Lipinski definition) is 8. The fraction of sp³-hybridized carbons (Fsp3) is 0.269. The smallest absolute Gasteiger partial charge is 0.243 e. The molecule has 3 aromatic rings. The van der Waals surface area contributed by atoms with Gasteiger partial charge in [0.15, 0.2) is 5.17 Å². The Bertz CT molecular complexity index is 1440. The third-order valence-electron chi connectivity index (χ3n) is 6.82. The van der Waals surface area contributed by atoms with Crippen LogP contribution in [0.3, 0.4) is 0 Å². The van der Waals surface area contributed by atoms with Crippen LogP contribution in [0.5, 0.6) is 0 Å². The summed E-state index contributed by atoms with van der Waals surface area (Å²) in [5.41, 5.74) is 2.03. The Morgan fingerprint density at radius 2 is 1.76 bits per heavy atom. The molecule has 11 heteroatoms. The van der Waals surface area contributed by atoms with E-state index in [0.29, 0.717) is 36.9 Å². The number of nitrogens with one attached hydrogen (secondary N) is 1. The molecule has 2 aromatic carbocycles. The van der Waals surface area contributed by atoms with E-state index in [9.17, 15) is 8.42 Å². The molecule has 4 heterocycles. The van der Waals surface area contributed by atoms with Gasteiger partial charge in [0.2, 0.25) is 16.0 Å². The standard InChI is InChI=1S/C26H25ClN6O2S2/c27-19-6-8-21(9-7-19)37(34,35)32-14-11-20(12-15-32)29-25-28-13-10-22(30-25)24-23(18-4-2-1-3-5-18)31-26-33(24)16-17-36-26/h1-10,13,16-17,20,23-24H,11-12,14-15H2,(H,28,29,30). The summed E-state index contributed by atoms with van der Waals surface area (Å²) in [6.45, 7) is 0.849. The zero-order valence-electron chi connectivity index (χ0n) is 19.8.